The molecule has 0 saturated heterocycles. The van der Waals surface area contributed by atoms with E-state index in [0.717, 1.165) is 26.1 Å². The highest BCUT2D eigenvalue weighted by Gasteiger charge is 1.91. The molecule has 0 aromatic rings. The van der Waals surface area contributed by atoms with Crippen molar-refractivity contribution in [1.29, 1.82) is 0 Å². The summed E-state index contributed by atoms with van der Waals surface area (Å²) in [5, 5.41) is 0. The van der Waals surface area contributed by atoms with Crippen molar-refractivity contribution in [1.82, 2.24) is 0 Å². The van der Waals surface area contributed by atoms with E-state index in [0.29, 0.717) is 0 Å². The maximum atomic E-state index is 5.55. The van der Waals surface area contributed by atoms with Crippen LogP contribution in [0.15, 0.2) is 0 Å². The van der Waals surface area contributed by atoms with Crippen LogP contribution in [0.25, 0.3) is 0 Å². The van der Waals surface area contributed by atoms with E-state index in [-0.39, 0.29) is 0 Å². The zero-order valence-electron chi connectivity index (χ0n) is 10.3. The minimum atomic E-state index is 0.943. The van der Waals surface area contributed by atoms with Crippen LogP contribution in [-0.4, -0.2) is 13.2 Å². The summed E-state index contributed by atoms with van der Waals surface area (Å²) in [6, 6.07) is 0. The second-order valence-corrected chi connectivity index (χ2v) is 4.15. The molecular formula is C14H28O. The summed E-state index contributed by atoms with van der Waals surface area (Å²) in [7, 11) is 0. The molecular weight excluding hydrogens is 184 g/mol. The van der Waals surface area contributed by atoms with Gasteiger partial charge in [0.05, 0.1) is 0 Å². The third-order valence-electron chi connectivity index (χ3n) is 2.58. The van der Waals surface area contributed by atoms with Crippen molar-refractivity contribution < 1.29 is 4.74 Å². The largest absolute Gasteiger partial charge is 0.381 e. The molecule has 1 heteroatoms. The molecule has 0 spiro atoms. The van der Waals surface area contributed by atoms with E-state index < -0.39 is 0 Å². The first-order valence-corrected chi connectivity index (χ1v) is 6.58. The fourth-order valence-electron chi connectivity index (χ4n) is 1.57. The van der Waals surface area contributed by atoms with Crippen molar-refractivity contribution in [3.05, 3.63) is 13.8 Å². The topological polar surface area (TPSA) is 9.23 Å². The molecule has 0 aromatic heterocycles. The predicted octanol–water partition coefficient (Wildman–Crippen LogP) is 4.57. The first kappa shape index (κ1) is 15.0. The average molecular weight is 212 g/mol. The van der Waals surface area contributed by atoms with Crippen LogP contribution in [0.1, 0.15) is 64.2 Å². The normalized spacial score (nSPS) is 10.8. The van der Waals surface area contributed by atoms with Gasteiger partial charge in [-0.1, -0.05) is 65.2 Å². The number of hydrogen-bond donors (Lipinski definition) is 0. The van der Waals surface area contributed by atoms with Crippen LogP contribution in [0.2, 0.25) is 0 Å². The standard InChI is InChI=1S/C14H28O/c1-3-5-7-9-10-12-14-15-13-11-8-6-4-2/h1-14H2. The molecule has 90 valence electrons. The van der Waals surface area contributed by atoms with Gasteiger partial charge < -0.3 is 4.74 Å². The Balaban J connectivity index is 2.81. The van der Waals surface area contributed by atoms with Crippen LogP contribution in [0, 0.1) is 13.8 Å². The Labute approximate surface area is 96.6 Å². The molecule has 0 saturated carbocycles. The Bertz CT molecular complexity index is 89.5. The van der Waals surface area contributed by atoms with E-state index >= 15 is 0 Å². The molecule has 15 heavy (non-hydrogen) atoms. The van der Waals surface area contributed by atoms with Crippen LogP contribution < -0.4 is 0 Å². The van der Waals surface area contributed by atoms with Crippen LogP contribution in [0.4, 0.5) is 0 Å². The zero-order valence-corrected chi connectivity index (χ0v) is 10.3. The SMILES string of the molecule is [CH2]CCCCCCCOCCCCC[CH2]. The zero-order chi connectivity index (χ0) is 11.2. The highest BCUT2D eigenvalue weighted by atomic mass is 16.5. The summed E-state index contributed by atoms with van der Waals surface area (Å²) < 4.78 is 5.55. The molecule has 0 amide bonds. The van der Waals surface area contributed by atoms with Crippen molar-refractivity contribution in [2.24, 2.45) is 0 Å². The van der Waals surface area contributed by atoms with E-state index in [2.05, 4.69) is 13.8 Å². The molecule has 0 aliphatic rings. The second-order valence-electron chi connectivity index (χ2n) is 4.15. The van der Waals surface area contributed by atoms with Crippen molar-refractivity contribution in [2.45, 2.75) is 64.2 Å². The van der Waals surface area contributed by atoms with E-state index in [1.165, 1.54) is 51.4 Å². The third kappa shape index (κ3) is 14.0. The van der Waals surface area contributed by atoms with Gasteiger partial charge >= 0.3 is 0 Å². The molecule has 0 N–H and O–H groups in total. The third-order valence-corrected chi connectivity index (χ3v) is 2.58. The van der Waals surface area contributed by atoms with Gasteiger partial charge in [0.2, 0.25) is 0 Å². The van der Waals surface area contributed by atoms with Gasteiger partial charge in [0, 0.05) is 13.2 Å². The Kier molecular flexibility index (Phi) is 13.9. The van der Waals surface area contributed by atoms with E-state index in [9.17, 15) is 0 Å². The first-order valence-electron chi connectivity index (χ1n) is 6.58. The average Bonchev–Trinajstić information content (AvgIpc) is 2.26. The highest BCUT2D eigenvalue weighted by molar-refractivity contribution is 4.47. The van der Waals surface area contributed by atoms with Gasteiger partial charge in [-0.3, -0.25) is 0 Å². The van der Waals surface area contributed by atoms with Gasteiger partial charge in [-0.25, -0.2) is 0 Å². The van der Waals surface area contributed by atoms with Gasteiger partial charge in [-0.2, -0.15) is 0 Å². The summed E-state index contributed by atoms with van der Waals surface area (Å²) in [6.45, 7) is 9.56. The van der Waals surface area contributed by atoms with Crippen LogP contribution in [0.3, 0.4) is 0 Å². The molecule has 0 aromatic carbocycles. The maximum Gasteiger partial charge on any atom is 0.0466 e. The second kappa shape index (κ2) is 14.0. The smallest absolute Gasteiger partial charge is 0.0466 e. The Morgan fingerprint density at radius 2 is 0.933 bits per heavy atom. The Morgan fingerprint density at radius 1 is 0.533 bits per heavy atom. The summed E-state index contributed by atoms with van der Waals surface area (Å²) in [4.78, 5) is 0. The van der Waals surface area contributed by atoms with E-state index in [1.54, 1.807) is 0 Å². The fraction of sp³-hybridized carbons (Fsp3) is 0.857. The number of rotatable bonds is 12. The summed E-state index contributed by atoms with van der Waals surface area (Å²) in [5.41, 5.74) is 0. The molecule has 1 nitrogen and oxygen atoms in total. The summed E-state index contributed by atoms with van der Waals surface area (Å²) in [5.74, 6) is 0. The number of ether oxygens (including phenoxy) is 1. The van der Waals surface area contributed by atoms with Gasteiger partial charge in [-0.05, 0) is 12.8 Å². The number of hydrogen-bond acceptors (Lipinski definition) is 1. The van der Waals surface area contributed by atoms with Crippen LogP contribution in [0.5, 0.6) is 0 Å². The fourth-order valence-corrected chi connectivity index (χ4v) is 1.57. The molecule has 0 bridgehead atoms. The lowest BCUT2D eigenvalue weighted by Crippen LogP contribution is -1.97. The molecule has 0 unspecified atom stereocenters. The first-order chi connectivity index (χ1) is 7.41. The highest BCUT2D eigenvalue weighted by Crippen LogP contribution is 2.05. The lowest BCUT2D eigenvalue weighted by atomic mass is 10.1. The Hall–Kier alpha value is -0.0400. The van der Waals surface area contributed by atoms with E-state index in [4.69, 9.17) is 4.74 Å². The molecule has 0 aliphatic heterocycles. The molecule has 0 atom stereocenters. The van der Waals surface area contributed by atoms with Crippen molar-refractivity contribution in [3.8, 4) is 0 Å². The van der Waals surface area contributed by atoms with Crippen molar-refractivity contribution in [3.63, 3.8) is 0 Å². The molecule has 0 heterocycles. The molecule has 0 aliphatic carbocycles. The molecule has 2 radical (unpaired) electrons. The Morgan fingerprint density at radius 3 is 1.47 bits per heavy atom. The monoisotopic (exact) mass is 212 g/mol. The minimum absolute atomic E-state index is 0.943. The molecule has 0 rings (SSSR count). The summed E-state index contributed by atoms with van der Waals surface area (Å²) >= 11 is 0. The quantitative estimate of drug-likeness (QED) is 0.430. The van der Waals surface area contributed by atoms with Gasteiger partial charge in [0.15, 0.2) is 0 Å². The summed E-state index contributed by atoms with van der Waals surface area (Å²) in [6.07, 6.45) is 12.4. The van der Waals surface area contributed by atoms with Gasteiger partial charge in [-0.15, -0.1) is 0 Å². The van der Waals surface area contributed by atoms with Crippen LogP contribution >= 0.6 is 0 Å². The van der Waals surface area contributed by atoms with Gasteiger partial charge in [0.1, 0.15) is 0 Å². The minimum Gasteiger partial charge on any atom is -0.381 e. The van der Waals surface area contributed by atoms with Crippen LogP contribution in [-0.2, 0) is 4.74 Å². The lowest BCUT2D eigenvalue weighted by molar-refractivity contribution is 0.126. The maximum absolute atomic E-state index is 5.55. The lowest BCUT2D eigenvalue weighted by Gasteiger charge is -2.03. The molecule has 0 fully saturated rings. The van der Waals surface area contributed by atoms with Crippen molar-refractivity contribution >= 4 is 0 Å². The van der Waals surface area contributed by atoms with Crippen molar-refractivity contribution in [2.75, 3.05) is 13.2 Å². The van der Waals surface area contributed by atoms with E-state index in [1.807, 2.05) is 0 Å². The predicted molar refractivity (Wildman–Crippen MR) is 67.7 cm³/mol. The number of unbranched alkanes of at least 4 members (excludes halogenated alkanes) is 8. The van der Waals surface area contributed by atoms with Gasteiger partial charge in [0.25, 0.3) is 0 Å².